The van der Waals surface area contributed by atoms with Crippen LogP contribution in [0.3, 0.4) is 0 Å². The summed E-state index contributed by atoms with van der Waals surface area (Å²) in [5, 5.41) is 6.45. The fraction of sp³-hybridized carbons (Fsp3) is 0.542. The number of guanidine groups is 2. The highest BCUT2D eigenvalue weighted by Crippen LogP contribution is 2.30. The van der Waals surface area contributed by atoms with Crippen LogP contribution in [0.2, 0.25) is 0 Å². The van der Waals surface area contributed by atoms with Crippen LogP contribution in [0.5, 0.6) is 0 Å². The summed E-state index contributed by atoms with van der Waals surface area (Å²) in [6, 6.07) is 3.51. The van der Waals surface area contributed by atoms with E-state index >= 15 is 0 Å². The minimum absolute atomic E-state index is 0.0728. The standard InChI is InChI=1S/C24H30F2N6O2/c1-2-34-18-6-4-16(5-7-18)28-23-27-14-21-22(31-23)32(17-9-11-33-12-10-17)24(30-21)29-20-8-3-15(25)13-19(20)26/h3,8,13-14,17-18,22H,2,4-7,9-12H2,1H3,(H,27,31)(H,29,30). The number of benzene rings is 1. The van der Waals surface area contributed by atoms with Crippen LogP contribution in [0.4, 0.5) is 14.5 Å². The Balaban J connectivity index is 1.40. The molecule has 1 saturated carbocycles. The molecule has 3 heterocycles. The second kappa shape index (κ2) is 10.2. The number of aliphatic imine (C=N–C) groups is 3. The van der Waals surface area contributed by atoms with Gasteiger partial charge < -0.3 is 25.0 Å². The van der Waals surface area contributed by atoms with Crippen molar-refractivity contribution in [3.8, 4) is 0 Å². The largest absolute Gasteiger partial charge is 0.381 e. The van der Waals surface area contributed by atoms with Gasteiger partial charge in [0.25, 0.3) is 0 Å². The van der Waals surface area contributed by atoms with Crippen molar-refractivity contribution in [3.63, 3.8) is 0 Å². The highest BCUT2D eigenvalue weighted by atomic mass is 19.1. The number of fused-ring (bicyclic) bond motifs is 1. The van der Waals surface area contributed by atoms with Crippen LogP contribution in [0.1, 0.15) is 45.4 Å². The van der Waals surface area contributed by atoms with Gasteiger partial charge in [-0.2, -0.15) is 0 Å². The first-order chi connectivity index (χ1) is 16.6. The van der Waals surface area contributed by atoms with E-state index in [9.17, 15) is 8.78 Å². The van der Waals surface area contributed by atoms with Gasteiger partial charge in [-0.25, -0.2) is 23.8 Å². The molecule has 1 atom stereocenters. The quantitative estimate of drug-likeness (QED) is 0.700. The number of ether oxygens (including phenoxy) is 2. The van der Waals surface area contributed by atoms with Gasteiger partial charge in [-0.1, -0.05) is 0 Å². The molecule has 5 rings (SSSR count). The number of nitrogens with zero attached hydrogens (tertiary/aromatic N) is 4. The smallest absolute Gasteiger partial charge is 0.224 e. The maximum absolute atomic E-state index is 14.3. The van der Waals surface area contributed by atoms with Gasteiger partial charge in [-0.3, -0.25) is 0 Å². The van der Waals surface area contributed by atoms with Crippen LogP contribution >= 0.6 is 0 Å². The van der Waals surface area contributed by atoms with E-state index in [1.54, 1.807) is 0 Å². The van der Waals surface area contributed by atoms with Crippen LogP contribution < -0.4 is 10.6 Å². The predicted molar refractivity (Wildman–Crippen MR) is 126 cm³/mol. The molecular weight excluding hydrogens is 442 g/mol. The molecule has 0 bridgehead atoms. The van der Waals surface area contributed by atoms with Gasteiger partial charge in [-0.05, 0) is 57.6 Å². The first-order valence-electron chi connectivity index (χ1n) is 12.0. The van der Waals surface area contributed by atoms with Crippen LogP contribution in [0.25, 0.3) is 0 Å². The maximum Gasteiger partial charge on any atom is 0.224 e. The lowest BCUT2D eigenvalue weighted by molar-refractivity contribution is 0.0493. The van der Waals surface area contributed by atoms with Crippen LogP contribution in [-0.2, 0) is 9.47 Å². The first-order valence-corrected chi connectivity index (χ1v) is 12.0. The maximum atomic E-state index is 14.3. The second-order valence-electron chi connectivity index (χ2n) is 8.81. The van der Waals surface area contributed by atoms with Crippen molar-refractivity contribution in [3.05, 3.63) is 41.7 Å². The van der Waals surface area contributed by atoms with E-state index in [-0.39, 0.29) is 17.9 Å². The lowest BCUT2D eigenvalue weighted by atomic mass is 9.95. The number of rotatable bonds is 4. The summed E-state index contributed by atoms with van der Waals surface area (Å²) in [4.78, 5) is 16.3. The monoisotopic (exact) mass is 472 g/mol. The second-order valence-corrected chi connectivity index (χ2v) is 8.81. The topological polar surface area (TPSA) is 82.8 Å². The molecule has 1 aromatic rings. The third-order valence-corrected chi connectivity index (χ3v) is 6.54. The fourth-order valence-electron chi connectivity index (χ4n) is 4.82. The van der Waals surface area contributed by atoms with Crippen molar-refractivity contribution in [1.82, 2.24) is 15.5 Å². The molecule has 1 aromatic carbocycles. The van der Waals surface area contributed by atoms with Crippen LogP contribution in [0, 0.1) is 11.6 Å². The van der Waals surface area contributed by atoms with Gasteiger partial charge in [0.2, 0.25) is 11.9 Å². The summed E-state index contributed by atoms with van der Waals surface area (Å²) in [6.07, 6.45) is 7.16. The minimum Gasteiger partial charge on any atom is -0.381 e. The molecule has 8 nitrogen and oxygen atoms in total. The summed E-state index contributed by atoms with van der Waals surface area (Å²) in [7, 11) is 0. The molecule has 1 aliphatic carbocycles. The van der Waals surface area contributed by atoms with Crippen molar-refractivity contribution in [1.29, 1.82) is 0 Å². The molecule has 0 aromatic heterocycles. The highest BCUT2D eigenvalue weighted by Gasteiger charge is 2.40. The Morgan fingerprint density at radius 2 is 1.94 bits per heavy atom. The normalized spacial score (nSPS) is 26.5. The van der Waals surface area contributed by atoms with Crippen molar-refractivity contribution < 1.29 is 18.3 Å². The van der Waals surface area contributed by atoms with Gasteiger partial charge in [0.05, 0.1) is 11.8 Å². The average Bonchev–Trinajstić information content (AvgIpc) is 3.20. The number of halogens is 2. The Kier molecular flexibility index (Phi) is 6.87. The molecule has 2 saturated heterocycles. The van der Waals surface area contributed by atoms with Gasteiger partial charge in [-0.15, -0.1) is 0 Å². The molecule has 10 heteroatoms. The zero-order valence-electron chi connectivity index (χ0n) is 19.3. The van der Waals surface area contributed by atoms with Gasteiger partial charge in [0, 0.05) is 43.8 Å². The highest BCUT2D eigenvalue weighted by molar-refractivity contribution is 5.99. The average molecular weight is 473 g/mol. The van der Waals surface area contributed by atoms with Gasteiger partial charge in [0.1, 0.15) is 11.5 Å². The van der Waals surface area contributed by atoms with Crippen molar-refractivity contribution in [2.45, 2.75) is 63.8 Å². The van der Waals surface area contributed by atoms with E-state index in [0.717, 1.165) is 62.6 Å². The Labute approximate surface area is 197 Å². The van der Waals surface area contributed by atoms with E-state index in [4.69, 9.17) is 19.5 Å². The summed E-state index contributed by atoms with van der Waals surface area (Å²) >= 11 is 0. The Bertz CT molecular complexity index is 1020. The molecule has 182 valence electrons. The lowest BCUT2D eigenvalue weighted by Crippen LogP contribution is -2.46. The molecule has 0 radical (unpaired) electrons. The van der Waals surface area contributed by atoms with Crippen LogP contribution in [-0.4, -0.2) is 60.7 Å². The SMILES string of the molecule is CCOC1CCC(=NC2=NC3C(=CN2)NC(=Nc2ccc(F)cc2F)N3C2CCOCC2)CC1. The molecule has 34 heavy (non-hydrogen) atoms. The Morgan fingerprint density at radius 1 is 1.15 bits per heavy atom. The van der Waals surface area contributed by atoms with Crippen molar-refractivity contribution in [2.75, 3.05) is 19.8 Å². The molecule has 3 fully saturated rings. The predicted octanol–water partition coefficient (Wildman–Crippen LogP) is 3.58. The van der Waals surface area contributed by atoms with E-state index in [2.05, 4.69) is 20.5 Å². The minimum atomic E-state index is -0.707. The Morgan fingerprint density at radius 3 is 2.68 bits per heavy atom. The van der Waals surface area contributed by atoms with Crippen molar-refractivity contribution >= 4 is 23.3 Å². The molecule has 3 aliphatic heterocycles. The fourth-order valence-corrected chi connectivity index (χ4v) is 4.82. The van der Waals surface area contributed by atoms with E-state index in [1.165, 1.54) is 12.1 Å². The van der Waals surface area contributed by atoms with Gasteiger partial charge in [0.15, 0.2) is 12.0 Å². The summed E-state index contributed by atoms with van der Waals surface area (Å²) in [5.41, 5.74) is 2.00. The molecule has 2 N–H and O–H groups in total. The molecule has 4 aliphatic rings. The zero-order chi connectivity index (χ0) is 23.5. The summed E-state index contributed by atoms with van der Waals surface area (Å²) in [5.74, 6) is -0.287. The molecule has 1 unspecified atom stereocenters. The zero-order valence-corrected chi connectivity index (χ0v) is 19.3. The third kappa shape index (κ3) is 4.97. The molecule has 0 amide bonds. The summed E-state index contributed by atoms with van der Waals surface area (Å²) < 4.78 is 39.0. The van der Waals surface area contributed by atoms with Gasteiger partial charge >= 0.3 is 0 Å². The number of hydrogen-bond acceptors (Lipinski definition) is 6. The summed E-state index contributed by atoms with van der Waals surface area (Å²) in [6.45, 7) is 4.05. The van der Waals surface area contributed by atoms with Crippen LogP contribution in [0.15, 0.2) is 45.1 Å². The third-order valence-electron chi connectivity index (χ3n) is 6.54. The molecular formula is C24H30F2N6O2. The Hall–Kier alpha value is -2.85. The van der Waals surface area contributed by atoms with E-state index in [0.29, 0.717) is 31.2 Å². The first kappa shape index (κ1) is 22.9. The molecule has 0 spiro atoms. The lowest BCUT2D eigenvalue weighted by Gasteiger charge is -2.35. The number of nitrogens with one attached hydrogen (secondary N) is 2. The number of hydrogen-bond donors (Lipinski definition) is 2. The van der Waals surface area contributed by atoms with Crippen molar-refractivity contribution in [2.24, 2.45) is 15.0 Å². The van der Waals surface area contributed by atoms with E-state index < -0.39 is 11.6 Å². The van der Waals surface area contributed by atoms with E-state index in [1.807, 2.05) is 13.1 Å².